The number of imide groups is 1. The molecule has 2 aromatic carbocycles. The molecule has 0 bridgehead atoms. The number of ether oxygens (including phenoxy) is 3. The van der Waals surface area contributed by atoms with E-state index in [0.717, 1.165) is 15.5 Å². The van der Waals surface area contributed by atoms with E-state index < -0.39 is 102 Å². The van der Waals surface area contributed by atoms with Crippen molar-refractivity contribution in [2.75, 3.05) is 53.3 Å². The van der Waals surface area contributed by atoms with E-state index in [2.05, 4.69) is 36.9 Å². The summed E-state index contributed by atoms with van der Waals surface area (Å²) in [6.07, 6.45) is 6.28. The van der Waals surface area contributed by atoms with Crippen LogP contribution in [0.2, 0.25) is 0 Å². The number of rotatable bonds is 39. The molecule has 0 saturated carbocycles. The highest BCUT2D eigenvalue weighted by molar-refractivity contribution is 7.09. The SMILES string of the molecule is CC[C@@H](C)[C@@H]([C@@H](CC(=O)N1CCC[C@H]1[C@H](OC)[C@@H](C)C(=O)N[C@@H](Cc1ccccc1)c1nccs1)OC)N(C)C(=O)[C@H](NC(=O)[C@@H](C(C)C)N(C)C(=O)OCc1ccc(NC(=O)[C@@H](CCCNC(N)=O)NC(=O)[C@H](NC(=O)CCCCCN2C(=O)C=CC2=O)C(C)C)cc1)C(C)C. The van der Waals surface area contributed by atoms with Gasteiger partial charge < -0.3 is 61.6 Å². The van der Waals surface area contributed by atoms with E-state index in [1.54, 1.807) is 82.1 Å². The smallest absolute Gasteiger partial charge is 0.410 e. The second kappa shape index (κ2) is 39.2. The highest BCUT2D eigenvalue weighted by Crippen LogP contribution is 2.31. The van der Waals surface area contributed by atoms with Gasteiger partial charge in [-0.3, -0.25) is 53.0 Å². The summed E-state index contributed by atoms with van der Waals surface area (Å²) < 4.78 is 17.9. The predicted octanol–water partition coefficient (Wildman–Crippen LogP) is 6.40. The zero-order chi connectivity index (χ0) is 71.6. The average Bonchev–Trinajstić information content (AvgIpc) is 1.80. The molecule has 0 aliphatic carbocycles. The van der Waals surface area contributed by atoms with E-state index in [1.165, 1.54) is 42.5 Å². The van der Waals surface area contributed by atoms with Gasteiger partial charge in [0.25, 0.3) is 11.8 Å². The molecule has 27 heteroatoms. The summed E-state index contributed by atoms with van der Waals surface area (Å²) in [6.45, 7) is 17.0. The number of hydrogen-bond donors (Lipinski definition) is 7. The monoisotopic (exact) mass is 1370 g/mol. The van der Waals surface area contributed by atoms with Gasteiger partial charge >= 0.3 is 12.1 Å². The van der Waals surface area contributed by atoms with E-state index >= 15 is 0 Å². The van der Waals surface area contributed by atoms with E-state index in [4.69, 9.17) is 19.9 Å². The lowest BCUT2D eigenvalue weighted by atomic mass is 9.89. The first-order chi connectivity index (χ1) is 46.1. The number of unbranched alkanes of at least 4 members (excludes halogenated alkanes) is 2. The van der Waals surface area contributed by atoms with Gasteiger partial charge in [-0.05, 0) is 91.9 Å². The van der Waals surface area contributed by atoms with Crippen molar-refractivity contribution >= 4 is 82.3 Å². The third-order valence-corrected chi connectivity index (χ3v) is 19.0. The Morgan fingerprint density at radius 3 is 1.99 bits per heavy atom. The zero-order valence-corrected chi connectivity index (χ0v) is 59.4. The van der Waals surface area contributed by atoms with Crippen molar-refractivity contribution in [3.8, 4) is 0 Å². The third kappa shape index (κ3) is 23.5. The molecule has 0 radical (unpaired) electrons. The first-order valence-corrected chi connectivity index (χ1v) is 34.6. The number of likely N-dealkylation sites (N-methyl/N-ethyl adjacent to an activating group) is 2. The fourth-order valence-electron chi connectivity index (χ4n) is 12.4. The molecule has 2 aliphatic rings. The van der Waals surface area contributed by atoms with Crippen molar-refractivity contribution in [3.05, 3.63) is 94.5 Å². The van der Waals surface area contributed by atoms with Crippen LogP contribution in [0.1, 0.15) is 149 Å². The number of aromatic nitrogens is 1. The Labute approximate surface area is 575 Å². The molecule has 26 nitrogen and oxygen atoms in total. The molecule has 534 valence electrons. The molecule has 8 N–H and O–H groups in total. The number of nitrogens with one attached hydrogen (secondary N) is 6. The van der Waals surface area contributed by atoms with Crippen LogP contribution >= 0.6 is 11.3 Å². The molecule has 97 heavy (non-hydrogen) atoms. The fraction of sp³-hybridized carbons (Fsp3) is 0.600. The van der Waals surface area contributed by atoms with Crippen molar-refractivity contribution in [1.82, 2.24) is 51.2 Å². The number of benzene rings is 2. The predicted molar refractivity (Wildman–Crippen MR) is 368 cm³/mol. The molecule has 3 heterocycles. The lowest BCUT2D eigenvalue weighted by Crippen LogP contribution is -2.60. The number of primary amides is 1. The summed E-state index contributed by atoms with van der Waals surface area (Å²) in [5.41, 5.74) is 7.17. The topological polar surface area (TPSA) is 340 Å². The van der Waals surface area contributed by atoms with E-state index in [9.17, 15) is 52.7 Å². The van der Waals surface area contributed by atoms with Crippen molar-refractivity contribution < 1.29 is 67.0 Å². The molecule has 1 fully saturated rings. The Morgan fingerprint density at radius 1 is 0.732 bits per heavy atom. The molecule has 2 aliphatic heterocycles. The zero-order valence-electron chi connectivity index (χ0n) is 58.6. The van der Waals surface area contributed by atoms with Crippen LogP contribution in [-0.4, -0.2) is 186 Å². The van der Waals surface area contributed by atoms with Gasteiger partial charge in [0, 0.05) is 83.8 Å². The van der Waals surface area contributed by atoms with Crippen molar-refractivity contribution in [1.29, 1.82) is 0 Å². The van der Waals surface area contributed by atoms with Gasteiger partial charge in [0.1, 0.15) is 35.8 Å². The maximum Gasteiger partial charge on any atom is 0.410 e. The first kappa shape index (κ1) is 79.4. The van der Waals surface area contributed by atoms with Gasteiger partial charge in [-0.2, -0.15) is 0 Å². The number of carbonyl (C=O) groups excluding carboxylic acids is 11. The molecule has 11 atom stereocenters. The Hall–Kier alpha value is -8.30. The van der Waals surface area contributed by atoms with E-state index in [-0.39, 0.29) is 92.8 Å². The standard InChI is InChI=1S/C70H104N12O14S/c1-14-45(8)61(53(94-12)40-57(86)81-37-22-26-52(81)62(95-13)46(9)63(87)76-51(67-72-35-38-97-67)39-47-23-17-15-18-24-47)79(10)68(91)59(43(4)5)78-66(90)60(44(6)7)80(11)70(93)96-41-48-28-30-49(31-29-48)74-64(88)50(25-21-34-73-69(71)92)75-65(89)58(42(2)3)77-54(83)27-19-16-20-36-82-55(84)32-33-56(82)85/h15,17-18,23-24,28-33,35,38,42-46,50-53,58-62H,14,16,19-22,25-27,34,36-37,39-41H2,1-13H3,(H,74,88)(H,75,89)(H,76,87)(H,77,83)(H,78,90)(H3,71,73,92)/t45-,46-,50-,51+,52+,53-,58-,59-,60-,61+,62-/m1/s1. The number of hydrogen-bond acceptors (Lipinski definition) is 16. The quantitative estimate of drug-likeness (QED) is 0.0240. The van der Waals surface area contributed by atoms with Crippen molar-refractivity contribution in [2.45, 2.75) is 194 Å². The Kier molecular flexibility index (Phi) is 32.1. The van der Waals surface area contributed by atoms with Crippen LogP contribution in [0, 0.1) is 29.6 Å². The molecule has 0 spiro atoms. The minimum absolute atomic E-state index is 0.0756. The largest absolute Gasteiger partial charge is 0.445 e. The molecular weight excluding hydrogens is 1260 g/mol. The summed E-state index contributed by atoms with van der Waals surface area (Å²) in [4.78, 5) is 158. The second-order valence-electron chi connectivity index (χ2n) is 26.2. The number of thiazole rings is 1. The number of methoxy groups -OCH3 is 2. The number of nitrogens with zero attached hydrogens (tertiary/aromatic N) is 5. The van der Waals surface area contributed by atoms with Crippen LogP contribution in [-0.2, 0) is 70.4 Å². The summed E-state index contributed by atoms with van der Waals surface area (Å²) in [5, 5.41) is 19.6. The van der Waals surface area contributed by atoms with Gasteiger partial charge in [-0.25, -0.2) is 14.6 Å². The molecular formula is C70H104N12O14S. The Bertz CT molecular complexity index is 3120. The molecule has 12 amide bonds. The van der Waals surface area contributed by atoms with Crippen LogP contribution in [0.25, 0.3) is 0 Å². The minimum Gasteiger partial charge on any atom is -0.445 e. The highest BCUT2D eigenvalue weighted by atomic mass is 32.1. The lowest BCUT2D eigenvalue weighted by molar-refractivity contribution is -0.148. The second-order valence-corrected chi connectivity index (χ2v) is 27.2. The summed E-state index contributed by atoms with van der Waals surface area (Å²) in [7, 11) is 6.16. The Morgan fingerprint density at radius 2 is 1.40 bits per heavy atom. The summed E-state index contributed by atoms with van der Waals surface area (Å²) in [5.74, 6) is -5.80. The van der Waals surface area contributed by atoms with Gasteiger partial charge in [0.15, 0.2) is 0 Å². The van der Waals surface area contributed by atoms with Gasteiger partial charge in [0.2, 0.25) is 41.4 Å². The van der Waals surface area contributed by atoms with Crippen molar-refractivity contribution in [3.63, 3.8) is 0 Å². The number of urea groups is 1. The van der Waals surface area contributed by atoms with Gasteiger partial charge in [0.05, 0.1) is 42.7 Å². The van der Waals surface area contributed by atoms with Crippen molar-refractivity contribution in [2.24, 2.45) is 35.3 Å². The summed E-state index contributed by atoms with van der Waals surface area (Å²) in [6, 6.07) is 9.87. The maximum atomic E-state index is 14.9. The van der Waals surface area contributed by atoms with Crippen LogP contribution in [0.5, 0.6) is 0 Å². The highest BCUT2D eigenvalue weighted by Gasteiger charge is 2.44. The number of carbonyl (C=O) groups is 11. The molecule has 1 saturated heterocycles. The van der Waals surface area contributed by atoms with E-state index in [1.807, 2.05) is 70.3 Å². The van der Waals surface area contributed by atoms with Gasteiger partial charge in [-0.1, -0.05) is 118 Å². The maximum absolute atomic E-state index is 14.9. The minimum atomic E-state index is -1.11. The molecule has 5 rings (SSSR count). The number of nitrogens with two attached hydrogens (primary N) is 1. The van der Waals surface area contributed by atoms with Crippen LogP contribution in [0.4, 0.5) is 15.3 Å². The number of anilines is 1. The van der Waals surface area contributed by atoms with Crippen LogP contribution < -0.4 is 37.6 Å². The van der Waals surface area contributed by atoms with Crippen LogP contribution in [0.15, 0.2) is 78.3 Å². The third-order valence-electron chi connectivity index (χ3n) is 18.1. The fourth-order valence-corrected chi connectivity index (χ4v) is 13.1. The number of amides is 12. The average molecular weight is 1370 g/mol. The van der Waals surface area contributed by atoms with Crippen LogP contribution in [0.3, 0.4) is 0 Å². The first-order valence-electron chi connectivity index (χ1n) is 33.7. The van der Waals surface area contributed by atoms with E-state index in [0.29, 0.717) is 62.7 Å². The summed E-state index contributed by atoms with van der Waals surface area (Å²) >= 11 is 1.47. The van der Waals surface area contributed by atoms with Gasteiger partial charge in [-0.15, -0.1) is 11.3 Å². The normalized spacial score (nSPS) is 16.9. The molecule has 3 aromatic rings. The Balaban J connectivity index is 1.18. The molecule has 1 aromatic heterocycles. The number of likely N-dealkylation sites (tertiary alicyclic amines) is 1. The lowest BCUT2D eigenvalue weighted by Gasteiger charge is -2.41. The molecule has 0 unspecified atom stereocenters.